The van der Waals surface area contributed by atoms with E-state index in [4.69, 9.17) is 0 Å². The van der Waals surface area contributed by atoms with E-state index in [1.807, 2.05) is 0 Å². The van der Waals surface area contributed by atoms with E-state index in [-0.39, 0.29) is 17.9 Å². The Bertz CT molecular complexity index is 532. The molecular formula is C11H10FN3O3. The molecule has 1 aliphatic rings. The second kappa shape index (κ2) is 4.52. The smallest absolute Gasteiger partial charge is 0.256 e. The lowest BCUT2D eigenvalue weighted by Gasteiger charge is -2.11. The van der Waals surface area contributed by atoms with Crippen molar-refractivity contribution < 1.29 is 18.8 Å². The molecule has 1 saturated heterocycles. The molecule has 2 heterocycles. The van der Waals surface area contributed by atoms with Crippen LogP contribution in [0.4, 0.5) is 4.39 Å². The van der Waals surface area contributed by atoms with Gasteiger partial charge in [-0.1, -0.05) is 0 Å². The van der Waals surface area contributed by atoms with Gasteiger partial charge >= 0.3 is 0 Å². The summed E-state index contributed by atoms with van der Waals surface area (Å²) in [6.07, 6.45) is 1.10. The van der Waals surface area contributed by atoms with Crippen LogP contribution in [0.25, 0.3) is 0 Å². The molecule has 94 valence electrons. The maximum absolute atomic E-state index is 13.2. The number of halogens is 1. The van der Waals surface area contributed by atoms with Crippen LogP contribution in [0, 0.1) is 5.95 Å². The molecule has 0 radical (unpaired) electrons. The number of carbonyl (C=O) groups is 3. The Kier molecular flexibility index (Phi) is 3.05. The van der Waals surface area contributed by atoms with Crippen LogP contribution >= 0.6 is 0 Å². The summed E-state index contributed by atoms with van der Waals surface area (Å²) in [7, 11) is 1.33. The molecule has 1 aromatic rings. The quantitative estimate of drug-likeness (QED) is 0.578. The zero-order valence-electron chi connectivity index (χ0n) is 9.51. The van der Waals surface area contributed by atoms with Crippen molar-refractivity contribution in [2.75, 3.05) is 7.05 Å². The first-order chi connectivity index (χ1) is 8.50. The molecule has 18 heavy (non-hydrogen) atoms. The molecule has 0 spiro atoms. The third-order valence-electron chi connectivity index (χ3n) is 2.69. The number of likely N-dealkylation sites (N-methyl/N-ethyl adjacent to an activating group) is 1. The fourth-order valence-corrected chi connectivity index (χ4v) is 1.66. The number of likely N-dealkylation sites (tertiary alicyclic amines) is 1. The number of nitrogens with zero attached hydrogens (tertiary/aromatic N) is 2. The van der Waals surface area contributed by atoms with Gasteiger partial charge in [0.05, 0.1) is 12.0 Å². The molecule has 0 aromatic carbocycles. The van der Waals surface area contributed by atoms with Gasteiger partial charge in [0.15, 0.2) is 0 Å². The van der Waals surface area contributed by atoms with Gasteiger partial charge in [-0.3, -0.25) is 19.3 Å². The summed E-state index contributed by atoms with van der Waals surface area (Å²) >= 11 is 0. The van der Waals surface area contributed by atoms with Crippen LogP contribution in [0.1, 0.15) is 16.8 Å². The molecule has 1 N–H and O–H groups in total. The molecule has 0 saturated carbocycles. The van der Waals surface area contributed by atoms with E-state index in [1.165, 1.54) is 25.4 Å². The minimum absolute atomic E-state index is 0.108. The summed E-state index contributed by atoms with van der Waals surface area (Å²) in [5.74, 6) is -2.56. The molecule has 0 bridgehead atoms. The Balaban J connectivity index is 2.12. The third-order valence-corrected chi connectivity index (χ3v) is 2.69. The lowest BCUT2D eigenvalue weighted by atomic mass is 10.2. The van der Waals surface area contributed by atoms with Crippen LogP contribution in [0.15, 0.2) is 18.3 Å². The maximum Gasteiger partial charge on any atom is 0.256 e. The highest BCUT2D eigenvalue weighted by atomic mass is 19.1. The zero-order valence-corrected chi connectivity index (χ0v) is 9.51. The molecule has 0 aliphatic carbocycles. The normalized spacial score (nSPS) is 19.2. The van der Waals surface area contributed by atoms with Gasteiger partial charge in [-0.15, -0.1) is 0 Å². The van der Waals surface area contributed by atoms with Gasteiger partial charge in [-0.25, -0.2) is 4.98 Å². The predicted molar refractivity (Wildman–Crippen MR) is 57.8 cm³/mol. The number of carbonyl (C=O) groups excluding carboxylic acids is 3. The highest BCUT2D eigenvalue weighted by Gasteiger charge is 2.37. The van der Waals surface area contributed by atoms with E-state index in [2.05, 4.69) is 10.3 Å². The van der Waals surface area contributed by atoms with Crippen molar-refractivity contribution in [3.05, 3.63) is 29.8 Å². The van der Waals surface area contributed by atoms with Gasteiger partial charge in [0.25, 0.3) is 11.8 Å². The van der Waals surface area contributed by atoms with E-state index in [0.717, 1.165) is 4.90 Å². The largest absolute Gasteiger partial charge is 0.340 e. The second-order valence-corrected chi connectivity index (χ2v) is 3.86. The monoisotopic (exact) mass is 251 g/mol. The zero-order chi connectivity index (χ0) is 13.3. The van der Waals surface area contributed by atoms with Crippen LogP contribution in [0.5, 0.6) is 0 Å². The third kappa shape index (κ3) is 2.06. The van der Waals surface area contributed by atoms with E-state index < -0.39 is 23.8 Å². The van der Waals surface area contributed by atoms with Crippen molar-refractivity contribution >= 4 is 17.7 Å². The van der Waals surface area contributed by atoms with Crippen LogP contribution < -0.4 is 5.32 Å². The maximum atomic E-state index is 13.2. The first-order valence-corrected chi connectivity index (χ1v) is 5.22. The van der Waals surface area contributed by atoms with E-state index in [0.29, 0.717) is 0 Å². The lowest BCUT2D eigenvalue weighted by Crippen LogP contribution is -2.41. The molecule has 2 rings (SSSR count). The van der Waals surface area contributed by atoms with Crippen LogP contribution in [-0.2, 0) is 9.59 Å². The van der Waals surface area contributed by atoms with Gasteiger partial charge in [0, 0.05) is 13.2 Å². The standard InChI is InChI=1S/C11H10FN3O3/c1-15-8(16)5-7(11(15)18)14-10(17)6-3-2-4-13-9(6)12/h2-4,7H,5H2,1H3,(H,14,17). The Labute approximate surface area is 102 Å². The minimum atomic E-state index is -0.936. The van der Waals surface area contributed by atoms with Crippen molar-refractivity contribution in [3.8, 4) is 0 Å². The number of hydrogen-bond acceptors (Lipinski definition) is 4. The molecule has 1 fully saturated rings. The number of aromatic nitrogens is 1. The molecule has 1 aliphatic heterocycles. The van der Waals surface area contributed by atoms with Crippen molar-refractivity contribution in [2.45, 2.75) is 12.5 Å². The number of pyridine rings is 1. The first-order valence-electron chi connectivity index (χ1n) is 5.22. The molecule has 6 nitrogen and oxygen atoms in total. The fraction of sp³-hybridized carbons (Fsp3) is 0.273. The number of nitrogens with one attached hydrogen (secondary N) is 1. The van der Waals surface area contributed by atoms with Gasteiger partial charge in [-0.05, 0) is 12.1 Å². The number of amides is 3. The Hall–Kier alpha value is -2.31. The van der Waals surface area contributed by atoms with Gasteiger partial charge in [0.2, 0.25) is 11.9 Å². The minimum Gasteiger partial charge on any atom is -0.340 e. The van der Waals surface area contributed by atoms with Crippen LogP contribution in [0.2, 0.25) is 0 Å². The topological polar surface area (TPSA) is 79.4 Å². The summed E-state index contributed by atoms with van der Waals surface area (Å²) in [5, 5.41) is 2.32. The summed E-state index contributed by atoms with van der Waals surface area (Å²) in [6.45, 7) is 0. The van der Waals surface area contributed by atoms with E-state index in [9.17, 15) is 18.8 Å². The van der Waals surface area contributed by atoms with Crippen molar-refractivity contribution in [1.29, 1.82) is 0 Å². The number of hydrogen-bond donors (Lipinski definition) is 1. The highest BCUT2D eigenvalue weighted by molar-refractivity contribution is 6.07. The van der Waals surface area contributed by atoms with Gasteiger partial charge < -0.3 is 5.32 Å². The number of imide groups is 1. The van der Waals surface area contributed by atoms with Crippen LogP contribution in [0.3, 0.4) is 0 Å². The molecule has 1 unspecified atom stereocenters. The first kappa shape index (κ1) is 12.2. The summed E-state index contributed by atoms with van der Waals surface area (Å²) in [5.41, 5.74) is -0.257. The van der Waals surface area contributed by atoms with Crippen molar-refractivity contribution in [1.82, 2.24) is 15.2 Å². The van der Waals surface area contributed by atoms with Crippen molar-refractivity contribution in [2.24, 2.45) is 0 Å². The van der Waals surface area contributed by atoms with Crippen molar-refractivity contribution in [3.63, 3.8) is 0 Å². The van der Waals surface area contributed by atoms with E-state index >= 15 is 0 Å². The predicted octanol–water partition coefficient (Wildman–Crippen LogP) is -0.292. The molecule has 1 aromatic heterocycles. The highest BCUT2D eigenvalue weighted by Crippen LogP contribution is 2.12. The van der Waals surface area contributed by atoms with Gasteiger partial charge in [0.1, 0.15) is 6.04 Å². The average Bonchev–Trinajstić information content (AvgIpc) is 2.57. The Morgan fingerprint density at radius 1 is 1.56 bits per heavy atom. The summed E-state index contributed by atoms with van der Waals surface area (Å²) in [4.78, 5) is 38.8. The summed E-state index contributed by atoms with van der Waals surface area (Å²) in [6, 6.07) is 1.73. The van der Waals surface area contributed by atoms with Gasteiger partial charge in [-0.2, -0.15) is 4.39 Å². The van der Waals surface area contributed by atoms with E-state index in [1.54, 1.807) is 0 Å². The molecule has 7 heteroatoms. The Morgan fingerprint density at radius 2 is 2.28 bits per heavy atom. The molecular weight excluding hydrogens is 241 g/mol. The SMILES string of the molecule is CN1C(=O)CC(NC(=O)c2cccnc2F)C1=O. The average molecular weight is 251 g/mol. The number of rotatable bonds is 2. The summed E-state index contributed by atoms with van der Waals surface area (Å²) < 4.78 is 13.2. The molecule has 1 atom stereocenters. The Morgan fingerprint density at radius 3 is 2.83 bits per heavy atom. The van der Waals surface area contributed by atoms with Crippen LogP contribution in [-0.4, -0.2) is 40.7 Å². The molecule has 3 amide bonds. The second-order valence-electron chi connectivity index (χ2n) is 3.86. The lowest BCUT2D eigenvalue weighted by molar-refractivity contribution is -0.137. The fourth-order valence-electron chi connectivity index (χ4n) is 1.66.